The highest BCUT2D eigenvalue weighted by Gasteiger charge is 2.16. The molecule has 0 bridgehead atoms. The lowest BCUT2D eigenvalue weighted by Gasteiger charge is -2.15. The number of benzene rings is 2. The van der Waals surface area contributed by atoms with Crippen LogP contribution in [0.1, 0.15) is 18.4 Å². The van der Waals surface area contributed by atoms with Gasteiger partial charge in [0.15, 0.2) is 0 Å². The maximum absolute atomic E-state index is 12.9. The summed E-state index contributed by atoms with van der Waals surface area (Å²) in [6, 6.07) is 14.3. The first-order chi connectivity index (χ1) is 10.8. The molecule has 2 aromatic carbocycles. The molecule has 0 radical (unpaired) electrons. The van der Waals surface area contributed by atoms with Crippen LogP contribution in [-0.2, 0) is 11.3 Å². The first-order valence-electron chi connectivity index (χ1n) is 7.63. The Morgan fingerprint density at radius 1 is 1.14 bits per heavy atom. The van der Waals surface area contributed by atoms with E-state index in [0.29, 0.717) is 13.2 Å². The summed E-state index contributed by atoms with van der Waals surface area (Å²) in [5.74, 6) is 0.601. The molecule has 116 valence electrons. The van der Waals surface area contributed by atoms with E-state index in [9.17, 15) is 4.39 Å². The summed E-state index contributed by atoms with van der Waals surface area (Å²) in [7, 11) is 0. The fourth-order valence-electron chi connectivity index (χ4n) is 2.50. The Morgan fingerprint density at radius 3 is 2.73 bits per heavy atom. The Hall–Kier alpha value is -2.07. The largest absolute Gasteiger partial charge is 0.489 e. The highest BCUT2D eigenvalue weighted by Crippen LogP contribution is 2.25. The highest BCUT2D eigenvalue weighted by atomic mass is 19.1. The second-order valence-electron chi connectivity index (χ2n) is 5.42. The Bertz CT molecular complexity index is 594. The normalized spacial score (nSPS) is 17.4. The van der Waals surface area contributed by atoms with E-state index < -0.39 is 0 Å². The maximum atomic E-state index is 12.9. The molecule has 1 N–H and O–H groups in total. The van der Waals surface area contributed by atoms with Crippen LogP contribution in [0.2, 0.25) is 0 Å². The molecule has 0 aliphatic carbocycles. The van der Waals surface area contributed by atoms with Crippen molar-refractivity contribution < 1.29 is 13.9 Å². The van der Waals surface area contributed by atoms with E-state index in [0.717, 1.165) is 36.4 Å². The second-order valence-corrected chi connectivity index (χ2v) is 5.42. The number of hydrogen-bond acceptors (Lipinski definition) is 3. The molecular formula is C18H20FNO2. The summed E-state index contributed by atoms with van der Waals surface area (Å²) in [4.78, 5) is 0. The quantitative estimate of drug-likeness (QED) is 0.875. The molecule has 1 aliphatic rings. The zero-order valence-electron chi connectivity index (χ0n) is 12.4. The van der Waals surface area contributed by atoms with Crippen molar-refractivity contribution in [3.8, 4) is 5.75 Å². The van der Waals surface area contributed by atoms with Gasteiger partial charge < -0.3 is 14.8 Å². The Kier molecular flexibility index (Phi) is 4.91. The molecule has 1 aliphatic heterocycles. The number of hydrogen-bond donors (Lipinski definition) is 1. The van der Waals surface area contributed by atoms with E-state index in [-0.39, 0.29) is 11.9 Å². The zero-order chi connectivity index (χ0) is 15.2. The van der Waals surface area contributed by atoms with Crippen molar-refractivity contribution in [2.24, 2.45) is 0 Å². The molecule has 0 amide bonds. The molecule has 4 heteroatoms. The summed E-state index contributed by atoms with van der Waals surface area (Å²) in [6.45, 7) is 2.04. The third-order valence-electron chi connectivity index (χ3n) is 3.73. The van der Waals surface area contributed by atoms with E-state index in [1.54, 1.807) is 12.1 Å². The minimum atomic E-state index is -0.218. The van der Waals surface area contributed by atoms with Gasteiger partial charge in [0.05, 0.1) is 11.8 Å². The van der Waals surface area contributed by atoms with Crippen molar-refractivity contribution in [2.75, 3.05) is 18.5 Å². The van der Waals surface area contributed by atoms with Gasteiger partial charge in [-0.2, -0.15) is 0 Å². The molecule has 3 nitrogen and oxygen atoms in total. The van der Waals surface area contributed by atoms with Crippen LogP contribution in [0.5, 0.6) is 5.75 Å². The molecule has 22 heavy (non-hydrogen) atoms. The van der Waals surface area contributed by atoms with Crippen molar-refractivity contribution in [3.05, 3.63) is 59.9 Å². The molecule has 3 rings (SSSR count). The van der Waals surface area contributed by atoms with Crippen LogP contribution in [0.3, 0.4) is 0 Å². The SMILES string of the molecule is Fc1ccc(CNc2ccccc2OCC2CCCO2)cc1. The van der Waals surface area contributed by atoms with Gasteiger partial charge in [-0.25, -0.2) is 4.39 Å². The predicted octanol–water partition coefficient (Wildman–Crippen LogP) is 4.00. The van der Waals surface area contributed by atoms with Crippen LogP contribution >= 0.6 is 0 Å². The number of para-hydroxylation sites is 2. The van der Waals surface area contributed by atoms with Gasteiger partial charge >= 0.3 is 0 Å². The molecule has 1 atom stereocenters. The lowest BCUT2D eigenvalue weighted by molar-refractivity contribution is 0.0682. The molecule has 2 aromatic rings. The summed E-state index contributed by atoms with van der Waals surface area (Å²) >= 11 is 0. The number of rotatable bonds is 6. The van der Waals surface area contributed by atoms with Gasteiger partial charge in [-0.05, 0) is 42.7 Å². The Labute approximate surface area is 130 Å². The summed E-state index contributed by atoms with van der Waals surface area (Å²) in [5, 5.41) is 3.34. The van der Waals surface area contributed by atoms with Gasteiger partial charge in [-0.1, -0.05) is 24.3 Å². The molecule has 1 fully saturated rings. The smallest absolute Gasteiger partial charge is 0.142 e. The molecule has 0 spiro atoms. The van der Waals surface area contributed by atoms with E-state index in [2.05, 4.69) is 5.32 Å². The predicted molar refractivity (Wildman–Crippen MR) is 84.6 cm³/mol. The maximum Gasteiger partial charge on any atom is 0.142 e. The van der Waals surface area contributed by atoms with Crippen molar-refractivity contribution in [1.29, 1.82) is 0 Å². The third kappa shape index (κ3) is 3.98. The number of anilines is 1. The van der Waals surface area contributed by atoms with E-state index in [1.807, 2.05) is 24.3 Å². The lowest BCUT2D eigenvalue weighted by atomic mass is 10.2. The number of halogens is 1. The van der Waals surface area contributed by atoms with Gasteiger partial charge in [0.1, 0.15) is 18.2 Å². The summed E-state index contributed by atoms with van der Waals surface area (Å²) in [6.07, 6.45) is 2.37. The third-order valence-corrected chi connectivity index (χ3v) is 3.73. The second kappa shape index (κ2) is 7.27. The van der Waals surface area contributed by atoms with E-state index in [4.69, 9.17) is 9.47 Å². The molecule has 1 unspecified atom stereocenters. The van der Waals surface area contributed by atoms with Gasteiger partial charge in [-0.3, -0.25) is 0 Å². The van der Waals surface area contributed by atoms with Gasteiger partial charge in [0.2, 0.25) is 0 Å². The molecule has 0 aromatic heterocycles. The van der Waals surface area contributed by atoms with Crippen LogP contribution in [0.25, 0.3) is 0 Å². The van der Waals surface area contributed by atoms with Crippen LogP contribution in [0, 0.1) is 5.82 Å². The van der Waals surface area contributed by atoms with Crippen LogP contribution in [0.15, 0.2) is 48.5 Å². The monoisotopic (exact) mass is 301 g/mol. The average molecular weight is 301 g/mol. The minimum Gasteiger partial charge on any atom is -0.489 e. The average Bonchev–Trinajstić information content (AvgIpc) is 3.07. The molecule has 0 saturated carbocycles. The molecular weight excluding hydrogens is 281 g/mol. The van der Waals surface area contributed by atoms with Crippen molar-refractivity contribution in [1.82, 2.24) is 0 Å². The zero-order valence-corrected chi connectivity index (χ0v) is 12.4. The topological polar surface area (TPSA) is 30.5 Å². The van der Waals surface area contributed by atoms with Crippen molar-refractivity contribution in [3.63, 3.8) is 0 Å². The molecule has 1 heterocycles. The number of ether oxygens (including phenoxy) is 2. The fraction of sp³-hybridized carbons (Fsp3) is 0.333. The van der Waals surface area contributed by atoms with Crippen LogP contribution < -0.4 is 10.1 Å². The molecule has 1 saturated heterocycles. The van der Waals surface area contributed by atoms with Crippen molar-refractivity contribution in [2.45, 2.75) is 25.5 Å². The summed E-state index contributed by atoms with van der Waals surface area (Å²) in [5.41, 5.74) is 1.96. The standard InChI is InChI=1S/C18H20FNO2/c19-15-9-7-14(8-10-15)12-20-17-5-1-2-6-18(17)22-13-16-4-3-11-21-16/h1-2,5-10,16,20H,3-4,11-13H2. The first-order valence-corrected chi connectivity index (χ1v) is 7.63. The number of nitrogens with one attached hydrogen (secondary N) is 1. The summed E-state index contributed by atoms with van der Waals surface area (Å²) < 4.78 is 24.4. The highest BCUT2D eigenvalue weighted by molar-refractivity contribution is 5.56. The van der Waals surface area contributed by atoms with E-state index >= 15 is 0 Å². The lowest BCUT2D eigenvalue weighted by Crippen LogP contribution is -2.16. The van der Waals surface area contributed by atoms with E-state index in [1.165, 1.54) is 12.1 Å². The Balaban J connectivity index is 1.59. The van der Waals surface area contributed by atoms with Crippen LogP contribution in [-0.4, -0.2) is 19.3 Å². The van der Waals surface area contributed by atoms with Gasteiger partial charge in [0.25, 0.3) is 0 Å². The minimum absolute atomic E-state index is 0.199. The fourth-order valence-corrected chi connectivity index (χ4v) is 2.50. The van der Waals surface area contributed by atoms with Gasteiger partial charge in [-0.15, -0.1) is 0 Å². The van der Waals surface area contributed by atoms with Crippen molar-refractivity contribution >= 4 is 5.69 Å². The van der Waals surface area contributed by atoms with Crippen LogP contribution in [0.4, 0.5) is 10.1 Å². The Morgan fingerprint density at radius 2 is 1.95 bits per heavy atom. The van der Waals surface area contributed by atoms with Gasteiger partial charge in [0, 0.05) is 13.2 Å². The first kappa shape index (κ1) is 14.9.